The third-order valence-electron chi connectivity index (χ3n) is 12.2. The molecule has 1 aliphatic carbocycles. The zero-order valence-electron chi connectivity index (χ0n) is 33.1. The molecule has 0 saturated heterocycles. The molecule has 0 unspecified atom stereocenters. The van der Waals surface area contributed by atoms with Crippen molar-refractivity contribution < 1.29 is 0 Å². The summed E-state index contributed by atoms with van der Waals surface area (Å²) in [5.74, 6) is 0.0964. The first-order chi connectivity index (χ1) is 29.7. The minimum Gasteiger partial charge on any atom is -0.324 e. The van der Waals surface area contributed by atoms with E-state index in [1.165, 1.54) is 54.2 Å². The molecule has 10 aromatic rings. The van der Waals surface area contributed by atoms with E-state index >= 15 is 0 Å². The lowest BCUT2D eigenvalue weighted by atomic mass is 9.79. The molecule has 0 aliphatic heterocycles. The molecule has 1 aliphatic rings. The van der Waals surface area contributed by atoms with E-state index < -0.39 is 5.54 Å². The monoisotopic (exact) mass is 766 g/mol. The standard InChI is InChI=1S/C58H42N2/c1-4-22-50(23-5-1)58(60(53-26-8-3-9-27-53)57-29-15-21-49-39-45-17-11-13-19-47(45)41-55(49)57)36-34-43(35-37-58)42-30-32-52(33-31-42)59(51-24-6-2-7-25-51)56-28-14-20-48-38-44-16-10-12-18-46(44)40-54(48)56/h1-41,43H. The zero-order valence-corrected chi connectivity index (χ0v) is 33.1. The van der Waals surface area contributed by atoms with Gasteiger partial charge in [0, 0.05) is 33.8 Å². The Hall–Kier alpha value is -7.68. The Balaban J connectivity index is 1.01. The third-order valence-corrected chi connectivity index (χ3v) is 12.2. The van der Waals surface area contributed by atoms with Crippen LogP contribution in [-0.4, -0.2) is 0 Å². The van der Waals surface area contributed by atoms with Gasteiger partial charge in [0.15, 0.2) is 0 Å². The Morgan fingerprint density at radius 2 is 0.767 bits per heavy atom. The molecule has 0 bridgehead atoms. The van der Waals surface area contributed by atoms with Crippen molar-refractivity contribution in [3.05, 3.63) is 260 Å². The van der Waals surface area contributed by atoms with Crippen molar-refractivity contribution >= 4 is 71.5 Å². The van der Waals surface area contributed by atoms with Gasteiger partial charge in [0.2, 0.25) is 0 Å². The number of rotatable bonds is 8. The van der Waals surface area contributed by atoms with E-state index in [0.717, 1.165) is 28.4 Å². The summed E-state index contributed by atoms with van der Waals surface area (Å²) in [7, 11) is 0. The Morgan fingerprint density at radius 1 is 0.333 bits per heavy atom. The first-order valence-electron chi connectivity index (χ1n) is 20.8. The normalized spacial score (nSPS) is 16.1. The second-order valence-electron chi connectivity index (χ2n) is 15.8. The molecule has 0 radical (unpaired) electrons. The van der Waals surface area contributed by atoms with Crippen LogP contribution in [0.15, 0.2) is 249 Å². The second kappa shape index (κ2) is 14.9. The van der Waals surface area contributed by atoms with Gasteiger partial charge in [-0.05, 0) is 116 Å². The molecule has 0 amide bonds. The summed E-state index contributed by atoms with van der Waals surface area (Å²) in [5.41, 5.74) is 7.54. The molecule has 60 heavy (non-hydrogen) atoms. The fraction of sp³-hybridized carbons (Fsp3) is 0.0345. The fourth-order valence-corrected chi connectivity index (χ4v) is 9.29. The largest absolute Gasteiger partial charge is 0.324 e. The summed E-state index contributed by atoms with van der Waals surface area (Å²) in [4.78, 5) is 4.91. The molecule has 0 heterocycles. The van der Waals surface area contributed by atoms with Crippen molar-refractivity contribution in [3.63, 3.8) is 0 Å². The van der Waals surface area contributed by atoms with Crippen LogP contribution < -0.4 is 9.80 Å². The first-order valence-corrected chi connectivity index (χ1v) is 20.8. The summed E-state index contributed by atoms with van der Waals surface area (Å²) in [5, 5.41) is 9.86. The van der Waals surface area contributed by atoms with Gasteiger partial charge >= 0.3 is 0 Å². The van der Waals surface area contributed by atoms with E-state index in [1.807, 2.05) is 0 Å². The van der Waals surface area contributed by atoms with Gasteiger partial charge in [0.05, 0.1) is 11.4 Å². The van der Waals surface area contributed by atoms with Gasteiger partial charge in [-0.15, -0.1) is 0 Å². The van der Waals surface area contributed by atoms with Gasteiger partial charge in [-0.25, -0.2) is 0 Å². The number of allylic oxidation sites excluding steroid dienone is 2. The smallest absolute Gasteiger partial charge is 0.107 e. The molecule has 0 spiro atoms. The maximum absolute atomic E-state index is 2.52. The van der Waals surface area contributed by atoms with Crippen LogP contribution >= 0.6 is 0 Å². The molecule has 2 nitrogen and oxygen atoms in total. The molecule has 0 saturated carbocycles. The Morgan fingerprint density at radius 3 is 1.33 bits per heavy atom. The molecule has 2 heteroatoms. The third kappa shape index (κ3) is 6.22. The summed E-state index contributed by atoms with van der Waals surface area (Å²) < 4.78 is 0. The van der Waals surface area contributed by atoms with Gasteiger partial charge < -0.3 is 9.80 Å². The summed E-state index contributed by atoms with van der Waals surface area (Å²) in [6.45, 7) is 0. The molecule has 0 N–H and O–H groups in total. The minimum atomic E-state index is -0.596. The summed E-state index contributed by atoms with van der Waals surface area (Å²) in [6.07, 6.45) is 9.63. The van der Waals surface area contributed by atoms with E-state index in [1.54, 1.807) is 0 Å². The topological polar surface area (TPSA) is 6.48 Å². The lowest BCUT2D eigenvalue weighted by molar-refractivity contribution is 0.663. The predicted molar refractivity (Wildman–Crippen MR) is 255 cm³/mol. The van der Waals surface area contributed by atoms with Crippen LogP contribution in [0.4, 0.5) is 28.4 Å². The summed E-state index contributed by atoms with van der Waals surface area (Å²) in [6, 6.07) is 81.6. The van der Waals surface area contributed by atoms with Crippen molar-refractivity contribution in [2.45, 2.75) is 11.5 Å². The molecule has 10 aromatic carbocycles. The van der Waals surface area contributed by atoms with Crippen molar-refractivity contribution in [1.29, 1.82) is 0 Å². The lowest BCUT2D eigenvalue weighted by Crippen LogP contribution is -2.41. The number of hydrogen-bond donors (Lipinski definition) is 0. The van der Waals surface area contributed by atoms with E-state index in [9.17, 15) is 0 Å². The van der Waals surface area contributed by atoms with E-state index in [2.05, 4.69) is 259 Å². The lowest BCUT2D eigenvalue weighted by Gasteiger charge is -2.44. The molecular formula is C58H42N2. The average molecular weight is 767 g/mol. The van der Waals surface area contributed by atoms with Gasteiger partial charge in [0.25, 0.3) is 0 Å². The highest BCUT2D eigenvalue weighted by Crippen LogP contribution is 2.48. The Kier molecular flexibility index (Phi) is 8.82. The van der Waals surface area contributed by atoms with Crippen LogP contribution in [-0.2, 0) is 5.54 Å². The van der Waals surface area contributed by atoms with Crippen molar-refractivity contribution in [2.75, 3.05) is 9.80 Å². The minimum absolute atomic E-state index is 0.0964. The van der Waals surface area contributed by atoms with Crippen molar-refractivity contribution in [3.8, 4) is 0 Å². The number of hydrogen-bond acceptors (Lipinski definition) is 2. The number of fused-ring (bicyclic) bond motifs is 4. The predicted octanol–water partition coefficient (Wildman–Crippen LogP) is 15.7. The van der Waals surface area contributed by atoms with Crippen molar-refractivity contribution in [1.82, 2.24) is 0 Å². The van der Waals surface area contributed by atoms with E-state index in [4.69, 9.17) is 0 Å². The highest BCUT2D eigenvalue weighted by Gasteiger charge is 2.38. The number of anilines is 5. The Labute approximate surface area is 351 Å². The quantitative estimate of drug-likeness (QED) is 0.112. The highest BCUT2D eigenvalue weighted by atomic mass is 15.2. The van der Waals surface area contributed by atoms with Gasteiger partial charge in [-0.2, -0.15) is 0 Å². The molecule has 0 aromatic heterocycles. The van der Waals surface area contributed by atoms with E-state index in [-0.39, 0.29) is 5.92 Å². The van der Waals surface area contributed by atoms with Gasteiger partial charge in [0.1, 0.15) is 5.54 Å². The van der Waals surface area contributed by atoms with Gasteiger partial charge in [-0.1, -0.05) is 176 Å². The van der Waals surface area contributed by atoms with E-state index in [0.29, 0.717) is 0 Å². The maximum Gasteiger partial charge on any atom is 0.107 e. The molecule has 0 atom stereocenters. The summed E-state index contributed by atoms with van der Waals surface area (Å²) >= 11 is 0. The first kappa shape index (κ1) is 35.5. The van der Waals surface area contributed by atoms with Crippen LogP contribution in [0.5, 0.6) is 0 Å². The number of para-hydroxylation sites is 2. The fourth-order valence-electron chi connectivity index (χ4n) is 9.29. The highest BCUT2D eigenvalue weighted by molar-refractivity contribution is 6.07. The molecule has 0 fully saturated rings. The van der Waals surface area contributed by atoms with Gasteiger partial charge in [-0.3, -0.25) is 0 Å². The van der Waals surface area contributed by atoms with Crippen molar-refractivity contribution in [2.24, 2.45) is 0 Å². The molecule has 11 rings (SSSR count). The zero-order chi connectivity index (χ0) is 39.9. The van der Waals surface area contributed by atoms with Crippen LogP contribution in [0.2, 0.25) is 0 Å². The second-order valence-corrected chi connectivity index (χ2v) is 15.8. The van der Waals surface area contributed by atoms with Crippen LogP contribution in [0.1, 0.15) is 17.0 Å². The van der Waals surface area contributed by atoms with Crippen LogP contribution in [0.3, 0.4) is 0 Å². The average Bonchev–Trinajstić information content (AvgIpc) is 3.32. The molecular weight excluding hydrogens is 725 g/mol. The van der Waals surface area contributed by atoms with Crippen LogP contribution in [0, 0.1) is 0 Å². The Bertz CT molecular complexity index is 3190. The number of benzene rings is 10. The number of nitrogens with zero attached hydrogens (tertiary/aromatic N) is 2. The maximum atomic E-state index is 2.52. The SMILES string of the molecule is C1=CC(c2ccccc2)(N(c2ccccc2)c2cccc3cc4ccccc4cc23)C=CC1c1ccc(N(c2ccccc2)c2cccc3cc4ccccc4cc23)cc1. The van der Waals surface area contributed by atoms with Crippen LogP contribution in [0.25, 0.3) is 43.1 Å². The molecule has 284 valence electrons.